The van der Waals surface area contributed by atoms with Gasteiger partial charge in [-0.15, -0.1) is 0 Å². The molecule has 0 amide bonds. The number of aliphatic hydroxyl groups is 2. The summed E-state index contributed by atoms with van der Waals surface area (Å²) in [5.74, 6) is 0.359. The molecule has 1 aliphatic heterocycles. The number of hydrogen-bond acceptors (Lipinski definition) is 4. The monoisotopic (exact) mass is 279 g/mol. The van der Waals surface area contributed by atoms with Crippen molar-refractivity contribution in [3.63, 3.8) is 0 Å². The molecule has 1 fully saturated rings. The van der Waals surface area contributed by atoms with Gasteiger partial charge in [0.25, 0.3) is 0 Å². The van der Waals surface area contributed by atoms with Gasteiger partial charge in [0, 0.05) is 13.1 Å². The zero-order valence-corrected chi connectivity index (χ0v) is 12.1. The van der Waals surface area contributed by atoms with E-state index >= 15 is 0 Å². The first-order valence-corrected chi connectivity index (χ1v) is 7.35. The Kier molecular flexibility index (Phi) is 5.98. The van der Waals surface area contributed by atoms with Crippen molar-refractivity contribution in [3.05, 3.63) is 35.9 Å². The maximum atomic E-state index is 9.98. The van der Waals surface area contributed by atoms with Crippen molar-refractivity contribution in [2.75, 3.05) is 26.2 Å². The van der Waals surface area contributed by atoms with Crippen LogP contribution in [0.2, 0.25) is 0 Å². The van der Waals surface area contributed by atoms with Gasteiger partial charge in [-0.25, -0.2) is 0 Å². The standard InChI is InChI=1S/C16H25NO3/c1-13-7-8-17(10-16(13)19)9-15(18)12-20-11-14-5-3-2-4-6-14/h2-6,13,15-16,18-19H,7-12H2,1H3. The Bertz CT molecular complexity index is 385. The molecule has 2 N–H and O–H groups in total. The Morgan fingerprint density at radius 2 is 2.10 bits per heavy atom. The predicted octanol–water partition coefficient (Wildman–Crippen LogP) is 1.27. The van der Waals surface area contributed by atoms with Crippen LogP contribution in [0, 0.1) is 5.92 Å². The molecule has 4 nitrogen and oxygen atoms in total. The third-order valence-electron chi connectivity index (χ3n) is 3.89. The number of hydrogen-bond donors (Lipinski definition) is 2. The summed E-state index contributed by atoms with van der Waals surface area (Å²) in [6.07, 6.45) is 0.208. The van der Waals surface area contributed by atoms with Gasteiger partial charge in [0.05, 0.1) is 25.4 Å². The van der Waals surface area contributed by atoms with E-state index < -0.39 is 6.10 Å². The minimum absolute atomic E-state index is 0.277. The van der Waals surface area contributed by atoms with E-state index in [4.69, 9.17) is 4.74 Å². The molecule has 1 heterocycles. The van der Waals surface area contributed by atoms with Crippen LogP contribution in [-0.2, 0) is 11.3 Å². The van der Waals surface area contributed by atoms with Crippen molar-refractivity contribution >= 4 is 0 Å². The summed E-state index contributed by atoms with van der Waals surface area (Å²) in [5, 5.41) is 19.8. The molecule has 0 saturated carbocycles. The maximum absolute atomic E-state index is 9.98. The lowest BCUT2D eigenvalue weighted by molar-refractivity contribution is -0.0198. The summed E-state index contributed by atoms with van der Waals surface area (Å²) in [5.41, 5.74) is 1.11. The highest BCUT2D eigenvalue weighted by atomic mass is 16.5. The van der Waals surface area contributed by atoms with Crippen molar-refractivity contribution in [2.45, 2.75) is 32.2 Å². The van der Waals surface area contributed by atoms with Crippen LogP contribution in [0.1, 0.15) is 18.9 Å². The van der Waals surface area contributed by atoms with Gasteiger partial charge in [0.2, 0.25) is 0 Å². The summed E-state index contributed by atoms with van der Waals surface area (Å²) in [6.45, 7) is 5.08. The molecule has 3 atom stereocenters. The molecule has 1 aromatic rings. The molecule has 1 aromatic carbocycles. The topological polar surface area (TPSA) is 52.9 Å². The number of piperidine rings is 1. The zero-order valence-electron chi connectivity index (χ0n) is 12.1. The van der Waals surface area contributed by atoms with E-state index in [2.05, 4.69) is 11.8 Å². The van der Waals surface area contributed by atoms with Gasteiger partial charge in [-0.05, 0) is 24.4 Å². The fourth-order valence-electron chi connectivity index (χ4n) is 2.52. The SMILES string of the molecule is CC1CCN(CC(O)COCc2ccccc2)CC1O. The van der Waals surface area contributed by atoms with Crippen molar-refractivity contribution < 1.29 is 14.9 Å². The third kappa shape index (κ3) is 4.87. The first-order chi connectivity index (χ1) is 9.65. The van der Waals surface area contributed by atoms with Gasteiger partial charge in [-0.3, -0.25) is 4.90 Å². The van der Waals surface area contributed by atoms with Crippen LogP contribution in [0.15, 0.2) is 30.3 Å². The van der Waals surface area contributed by atoms with Crippen LogP contribution in [-0.4, -0.2) is 53.6 Å². The van der Waals surface area contributed by atoms with E-state index in [0.29, 0.717) is 32.2 Å². The molecule has 0 aliphatic carbocycles. The molecule has 0 spiro atoms. The van der Waals surface area contributed by atoms with Gasteiger partial charge in [-0.1, -0.05) is 37.3 Å². The number of ether oxygens (including phenoxy) is 1. The molecule has 112 valence electrons. The summed E-state index contributed by atoms with van der Waals surface area (Å²) < 4.78 is 5.53. The molecule has 0 radical (unpaired) electrons. The normalized spacial score (nSPS) is 25.6. The van der Waals surface area contributed by atoms with Crippen LogP contribution < -0.4 is 0 Å². The molecule has 4 heteroatoms. The molecular weight excluding hydrogens is 254 g/mol. The second-order valence-corrected chi connectivity index (χ2v) is 5.75. The predicted molar refractivity (Wildman–Crippen MR) is 78.3 cm³/mol. The lowest BCUT2D eigenvalue weighted by Gasteiger charge is -2.35. The van der Waals surface area contributed by atoms with Crippen molar-refractivity contribution in [2.24, 2.45) is 5.92 Å². The Labute approximate surface area is 121 Å². The summed E-state index contributed by atoms with van der Waals surface area (Å²) in [7, 11) is 0. The van der Waals surface area contributed by atoms with Crippen molar-refractivity contribution in [1.29, 1.82) is 0 Å². The van der Waals surface area contributed by atoms with Crippen molar-refractivity contribution in [1.82, 2.24) is 4.90 Å². The Hall–Kier alpha value is -0.940. The summed E-state index contributed by atoms with van der Waals surface area (Å²) >= 11 is 0. The average Bonchev–Trinajstić information content (AvgIpc) is 2.44. The summed E-state index contributed by atoms with van der Waals surface area (Å²) in [6, 6.07) is 9.95. The van der Waals surface area contributed by atoms with Gasteiger partial charge in [0.15, 0.2) is 0 Å². The Morgan fingerprint density at radius 1 is 1.35 bits per heavy atom. The number of β-amino-alcohol motifs (C(OH)–C–C–N with tert-alkyl or cyclic N) is 2. The van der Waals surface area contributed by atoms with E-state index in [1.807, 2.05) is 30.3 Å². The smallest absolute Gasteiger partial charge is 0.0900 e. The zero-order chi connectivity index (χ0) is 14.4. The second kappa shape index (κ2) is 7.74. The number of likely N-dealkylation sites (tertiary alicyclic amines) is 1. The van der Waals surface area contributed by atoms with E-state index in [-0.39, 0.29) is 6.10 Å². The molecule has 20 heavy (non-hydrogen) atoms. The second-order valence-electron chi connectivity index (χ2n) is 5.75. The third-order valence-corrected chi connectivity index (χ3v) is 3.89. The van der Waals surface area contributed by atoms with Crippen LogP contribution in [0.5, 0.6) is 0 Å². The highest BCUT2D eigenvalue weighted by Gasteiger charge is 2.25. The summed E-state index contributed by atoms with van der Waals surface area (Å²) in [4.78, 5) is 2.11. The average molecular weight is 279 g/mol. The molecular formula is C16H25NO3. The van der Waals surface area contributed by atoms with Gasteiger partial charge < -0.3 is 14.9 Å². The van der Waals surface area contributed by atoms with Crippen molar-refractivity contribution in [3.8, 4) is 0 Å². The van der Waals surface area contributed by atoms with Gasteiger partial charge in [0.1, 0.15) is 0 Å². The number of rotatable bonds is 6. The number of benzene rings is 1. The first-order valence-electron chi connectivity index (χ1n) is 7.35. The molecule has 0 aromatic heterocycles. The fraction of sp³-hybridized carbons (Fsp3) is 0.625. The van der Waals surface area contributed by atoms with E-state index in [1.54, 1.807) is 0 Å². The van der Waals surface area contributed by atoms with Crippen LogP contribution >= 0.6 is 0 Å². The first kappa shape index (κ1) is 15.4. The lowest BCUT2D eigenvalue weighted by Crippen LogP contribution is -2.46. The quantitative estimate of drug-likeness (QED) is 0.823. The molecule has 1 saturated heterocycles. The number of nitrogens with zero attached hydrogens (tertiary/aromatic N) is 1. The van der Waals surface area contributed by atoms with Gasteiger partial charge in [-0.2, -0.15) is 0 Å². The maximum Gasteiger partial charge on any atom is 0.0900 e. The minimum atomic E-state index is -0.501. The molecule has 1 aliphatic rings. The minimum Gasteiger partial charge on any atom is -0.392 e. The van der Waals surface area contributed by atoms with E-state index in [9.17, 15) is 10.2 Å². The number of aliphatic hydroxyl groups excluding tert-OH is 2. The largest absolute Gasteiger partial charge is 0.392 e. The Balaban J connectivity index is 1.64. The highest BCUT2D eigenvalue weighted by molar-refractivity contribution is 5.13. The molecule has 0 bridgehead atoms. The van der Waals surface area contributed by atoms with Crippen LogP contribution in [0.25, 0.3) is 0 Å². The van der Waals surface area contributed by atoms with Gasteiger partial charge >= 0.3 is 0 Å². The fourth-order valence-corrected chi connectivity index (χ4v) is 2.52. The van der Waals surface area contributed by atoms with E-state index in [1.165, 1.54) is 0 Å². The highest BCUT2D eigenvalue weighted by Crippen LogP contribution is 2.17. The van der Waals surface area contributed by atoms with Crippen LogP contribution in [0.4, 0.5) is 0 Å². The van der Waals surface area contributed by atoms with E-state index in [0.717, 1.165) is 18.5 Å². The lowest BCUT2D eigenvalue weighted by atomic mass is 9.96. The molecule has 2 rings (SSSR count). The molecule has 3 unspecified atom stereocenters. The Morgan fingerprint density at radius 3 is 2.80 bits per heavy atom. The van der Waals surface area contributed by atoms with Crippen LogP contribution in [0.3, 0.4) is 0 Å².